The first kappa shape index (κ1) is 10.7. The van der Waals surface area contributed by atoms with Gasteiger partial charge in [0, 0.05) is 11.8 Å². The van der Waals surface area contributed by atoms with Crippen molar-refractivity contribution in [3.05, 3.63) is 71.8 Å². The maximum atomic E-state index is 4.48. The smallest absolute Gasteiger partial charge is 0.0740 e. The van der Waals surface area contributed by atoms with Gasteiger partial charge in [-0.1, -0.05) is 60.7 Å². The molecule has 0 unspecified atom stereocenters. The molecule has 1 aliphatic heterocycles. The van der Waals surface area contributed by atoms with E-state index in [1.54, 1.807) is 0 Å². The summed E-state index contributed by atoms with van der Waals surface area (Å²) < 4.78 is 0. The van der Waals surface area contributed by atoms with E-state index >= 15 is 0 Å². The molecule has 1 heterocycles. The third-order valence-electron chi connectivity index (χ3n) is 3.90. The third-order valence-corrected chi connectivity index (χ3v) is 3.90. The summed E-state index contributed by atoms with van der Waals surface area (Å²) in [6, 6.07) is 20.8. The van der Waals surface area contributed by atoms with E-state index in [0.29, 0.717) is 11.8 Å². The zero-order valence-corrected chi connectivity index (χ0v) is 10.5. The molecule has 0 N–H and O–H groups in total. The summed E-state index contributed by atoms with van der Waals surface area (Å²) in [5.41, 5.74) is 4.74. The topological polar surface area (TPSA) is 24.7 Å². The fraction of sp³-hybridized carbons (Fsp3) is 0.176. The van der Waals surface area contributed by atoms with Crippen LogP contribution in [0.15, 0.2) is 70.9 Å². The molecule has 0 radical (unpaired) electrons. The highest BCUT2D eigenvalue weighted by molar-refractivity contribution is 6.14. The van der Waals surface area contributed by atoms with Crippen LogP contribution in [0.2, 0.25) is 0 Å². The molecule has 92 valence electrons. The van der Waals surface area contributed by atoms with Crippen molar-refractivity contribution < 1.29 is 0 Å². The van der Waals surface area contributed by atoms with Crippen LogP contribution in [0.25, 0.3) is 0 Å². The van der Waals surface area contributed by atoms with E-state index in [1.807, 2.05) is 12.1 Å². The summed E-state index contributed by atoms with van der Waals surface area (Å²) in [7, 11) is 0. The van der Waals surface area contributed by atoms with Gasteiger partial charge in [0.05, 0.1) is 11.4 Å². The summed E-state index contributed by atoms with van der Waals surface area (Å²) in [5, 5.41) is 8.97. The van der Waals surface area contributed by atoms with Crippen LogP contribution in [0.4, 0.5) is 0 Å². The Morgan fingerprint density at radius 1 is 0.632 bits per heavy atom. The Kier molecular flexibility index (Phi) is 2.34. The molecule has 0 spiro atoms. The first-order valence-electron chi connectivity index (χ1n) is 6.70. The number of fused-ring (bicyclic) bond motifs is 1. The lowest BCUT2D eigenvalue weighted by Gasteiger charge is -2.11. The van der Waals surface area contributed by atoms with Gasteiger partial charge >= 0.3 is 0 Å². The van der Waals surface area contributed by atoms with E-state index in [9.17, 15) is 0 Å². The van der Waals surface area contributed by atoms with Crippen LogP contribution in [0, 0.1) is 11.8 Å². The van der Waals surface area contributed by atoms with E-state index in [1.165, 1.54) is 17.5 Å². The normalized spacial score (nSPS) is 24.2. The van der Waals surface area contributed by atoms with Crippen molar-refractivity contribution in [2.75, 3.05) is 0 Å². The molecule has 0 aromatic heterocycles. The van der Waals surface area contributed by atoms with Gasteiger partial charge in [-0.25, -0.2) is 0 Å². The number of rotatable bonds is 2. The molecule has 2 aromatic carbocycles. The number of hydrogen-bond donors (Lipinski definition) is 0. The van der Waals surface area contributed by atoms with Gasteiger partial charge in [-0.15, -0.1) is 0 Å². The molecule has 2 atom stereocenters. The third kappa shape index (κ3) is 1.80. The van der Waals surface area contributed by atoms with E-state index in [-0.39, 0.29) is 0 Å². The molecule has 4 rings (SSSR count). The lowest BCUT2D eigenvalue weighted by molar-refractivity contribution is 0.999. The number of benzene rings is 2. The first-order chi connectivity index (χ1) is 9.43. The van der Waals surface area contributed by atoms with E-state index < -0.39 is 0 Å². The van der Waals surface area contributed by atoms with Crippen molar-refractivity contribution in [3.8, 4) is 0 Å². The summed E-state index contributed by atoms with van der Waals surface area (Å²) >= 11 is 0. The highest BCUT2D eigenvalue weighted by Gasteiger charge is 2.47. The van der Waals surface area contributed by atoms with Crippen LogP contribution in [-0.4, -0.2) is 11.4 Å². The van der Waals surface area contributed by atoms with Crippen LogP contribution in [-0.2, 0) is 0 Å². The molecule has 2 aromatic rings. The summed E-state index contributed by atoms with van der Waals surface area (Å²) in [4.78, 5) is 0. The fourth-order valence-corrected chi connectivity index (χ4v) is 2.82. The van der Waals surface area contributed by atoms with Gasteiger partial charge < -0.3 is 0 Å². The molecule has 1 fully saturated rings. The quantitative estimate of drug-likeness (QED) is 0.774. The minimum Gasteiger partial charge on any atom is -0.154 e. The van der Waals surface area contributed by atoms with E-state index in [0.717, 1.165) is 11.4 Å². The molecule has 2 nitrogen and oxygen atoms in total. The van der Waals surface area contributed by atoms with Gasteiger partial charge in [0.15, 0.2) is 0 Å². The zero-order chi connectivity index (χ0) is 12.7. The van der Waals surface area contributed by atoms with Gasteiger partial charge in [0.1, 0.15) is 0 Å². The van der Waals surface area contributed by atoms with Gasteiger partial charge in [-0.3, -0.25) is 0 Å². The van der Waals surface area contributed by atoms with Gasteiger partial charge in [-0.05, 0) is 17.5 Å². The molecule has 0 bridgehead atoms. The monoisotopic (exact) mass is 246 g/mol. The zero-order valence-electron chi connectivity index (χ0n) is 10.5. The van der Waals surface area contributed by atoms with Crippen LogP contribution >= 0.6 is 0 Å². The molecule has 1 aliphatic carbocycles. The first-order valence-corrected chi connectivity index (χ1v) is 6.70. The molecule has 19 heavy (non-hydrogen) atoms. The van der Waals surface area contributed by atoms with Crippen molar-refractivity contribution >= 4 is 11.4 Å². The summed E-state index contributed by atoms with van der Waals surface area (Å²) in [6.45, 7) is 0. The average Bonchev–Trinajstić information content (AvgIpc) is 3.28. The van der Waals surface area contributed by atoms with Crippen LogP contribution < -0.4 is 0 Å². The molecule has 1 saturated carbocycles. The maximum Gasteiger partial charge on any atom is 0.0740 e. The second-order valence-electron chi connectivity index (χ2n) is 5.15. The van der Waals surface area contributed by atoms with Crippen LogP contribution in [0.5, 0.6) is 0 Å². The van der Waals surface area contributed by atoms with Crippen molar-refractivity contribution in [1.82, 2.24) is 0 Å². The van der Waals surface area contributed by atoms with Crippen molar-refractivity contribution in [2.24, 2.45) is 22.0 Å². The minimum absolute atomic E-state index is 0.565. The lowest BCUT2D eigenvalue weighted by atomic mass is 9.99. The molecule has 2 heteroatoms. The van der Waals surface area contributed by atoms with E-state index in [4.69, 9.17) is 0 Å². The van der Waals surface area contributed by atoms with Gasteiger partial charge in [-0.2, -0.15) is 10.2 Å². The Labute approximate surface area is 112 Å². The Morgan fingerprint density at radius 2 is 1.05 bits per heavy atom. The van der Waals surface area contributed by atoms with Crippen molar-refractivity contribution in [1.29, 1.82) is 0 Å². The predicted octanol–water partition coefficient (Wildman–Crippen LogP) is 3.53. The molecular weight excluding hydrogens is 232 g/mol. The Morgan fingerprint density at radius 3 is 1.47 bits per heavy atom. The standard InChI is InChI=1S/C17H14N2/c1-3-7-12(8-4-1)16-14-11-15(14)17(19-18-16)13-9-5-2-6-10-13/h1-10,14-15H,11H2/t14-,15-/m0/s1. The second-order valence-corrected chi connectivity index (χ2v) is 5.15. The fourth-order valence-electron chi connectivity index (χ4n) is 2.82. The highest BCUT2D eigenvalue weighted by Crippen LogP contribution is 2.46. The summed E-state index contributed by atoms with van der Waals surface area (Å²) in [5.74, 6) is 1.13. The number of hydrogen-bond acceptors (Lipinski definition) is 2. The lowest BCUT2D eigenvalue weighted by Crippen LogP contribution is -2.15. The molecule has 0 saturated heterocycles. The maximum absolute atomic E-state index is 4.48. The van der Waals surface area contributed by atoms with Crippen LogP contribution in [0.3, 0.4) is 0 Å². The van der Waals surface area contributed by atoms with Crippen LogP contribution in [0.1, 0.15) is 17.5 Å². The molecule has 0 amide bonds. The second kappa shape index (κ2) is 4.16. The predicted molar refractivity (Wildman–Crippen MR) is 77.6 cm³/mol. The van der Waals surface area contributed by atoms with Crippen molar-refractivity contribution in [3.63, 3.8) is 0 Å². The minimum atomic E-state index is 0.565. The largest absolute Gasteiger partial charge is 0.154 e. The Hall–Kier alpha value is -2.22. The van der Waals surface area contributed by atoms with Gasteiger partial charge in [0.2, 0.25) is 0 Å². The highest BCUT2D eigenvalue weighted by atomic mass is 15.2. The Bertz CT molecular complexity index is 597. The van der Waals surface area contributed by atoms with E-state index in [2.05, 4.69) is 58.7 Å². The number of nitrogens with zero attached hydrogens (tertiary/aromatic N) is 2. The molecular formula is C17H14N2. The van der Waals surface area contributed by atoms with Gasteiger partial charge in [0.25, 0.3) is 0 Å². The SMILES string of the molecule is c1ccc(C2=NN=C(c3ccccc3)[C@H]3C[C@H]23)cc1. The van der Waals surface area contributed by atoms with Crippen molar-refractivity contribution in [2.45, 2.75) is 6.42 Å². The summed E-state index contributed by atoms with van der Waals surface area (Å²) in [6.07, 6.45) is 1.18. The average molecular weight is 246 g/mol. The molecule has 2 aliphatic rings. The Balaban J connectivity index is 1.73.